The first kappa shape index (κ1) is 16.8. The van der Waals surface area contributed by atoms with Crippen LogP contribution in [0.1, 0.15) is 20.3 Å². The normalized spacial score (nSPS) is 13.8. The molecule has 7 heteroatoms. The minimum absolute atomic E-state index is 0.0255. The number of alkyl halides is 2. The zero-order valence-electron chi connectivity index (χ0n) is 11.4. The summed E-state index contributed by atoms with van der Waals surface area (Å²) in [6, 6.07) is 5.22. The SMILES string of the molecule is CC(C)C(CCO)Nc1ccc(S(=O)(=O)C(F)F)cc1. The number of aliphatic hydroxyl groups excluding tert-OH is 1. The minimum atomic E-state index is -4.55. The topological polar surface area (TPSA) is 66.4 Å². The number of hydrogen-bond acceptors (Lipinski definition) is 4. The highest BCUT2D eigenvalue weighted by Gasteiger charge is 2.26. The molecular formula is C13H19F2NO3S. The van der Waals surface area contributed by atoms with Crippen molar-refractivity contribution in [3.63, 3.8) is 0 Å². The molecule has 0 spiro atoms. The average molecular weight is 307 g/mol. The van der Waals surface area contributed by atoms with Crippen molar-refractivity contribution in [1.29, 1.82) is 0 Å². The molecule has 2 N–H and O–H groups in total. The van der Waals surface area contributed by atoms with Crippen LogP contribution < -0.4 is 5.32 Å². The van der Waals surface area contributed by atoms with Crippen molar-refractivity contribution in [2.75, 3.05) is 11.9 Å². The van der Waals surface area contributed by atoms with E-state index in [0.29, 0.717) is 12.1 Å². The maximum atomic E-state index is 12.4. The summed E-state index contributed by atoms with van der Waals surface area (Å²) in [6.45, 7) is 4.01. The molecule has 0 amide bonds. The van der Waals surface area contributed by atoms with Crippen LogP contribution in [0.25, 0.3) is 0 Å². The molecular weight excluding hydrogens is 288 g/mol. The molecule has 114 valence electrons. The average Bonchev–Trinajstić information content (AvgIpc) is 2.38. The molecule has 0 aromatic heterocycles. The predicted octanol–water partition coefficient (Wildman–Crippen LogP) is 2.50. The number of rotatable bonds is 7. The van der Waals surface area contributed by atoms with Crippen molar-refractivity contribution in [3.8, 4) is 0 Å². The van der Waals surface area contributed by atoms with Crippen LogP contribution in [-0.2, 0) is 9.84 Å². The lowest BCUT2D eigenvalue weighted by Crippen LogP contribution is -2.26. The quantitative estimate of drug-likeness (QED) is 0.812. The Labute approximate surface area is 117 Å². The van der Waals surface area contributed by atoms with E-state index in [0.717, 1.165) is 12.1 Å². The van der Waals surface area contributed by atoms with Crippen LogP contribution in [0.4, 0.5) is 14.5 Å². The van der Waals surface area contributed by atoms with E-state index >= 15 is 0 Å². The van der Waals surface area contributed by atoms with E-state index < -0.39 is 20.5 Å². The van der Waals surface area contributed by atoms with Gasteiger partial charge in [-0.1, -0.05) is 13.8 Å². The first-order chi connectivity index (χ1) is 9.28. The van der Waals surface area contributed by atoms with Crippen LogP contribution in [0.15, 0.2) is 29.2 Å². The highest BCUT2D eigenvalue weighted by Crippen LogP contribution is 2.21. The molecule has 1 rings (SSSR count). The second-order valence-corrected chi connectivity index (χ2v) is 6.75. The molecule has 0 saturated carbocycles. The van der Waals surface area contributed by atoms with Gasteiger partial charge in [0.15, 0.2) is 0 Å². The highest BCUT2D eigenvalue weighted by molar-refractivity contribution is 7.91. The van der Waals surface area contributed by atoms with Gasteiger partial charge in [0.2, 0.25) is 9.84 Å². The van der Waals surface area contributed by atoms with Crippen LogP contribution in [0.5, 0.6) is 0 Å². The predicted molar refractivity (Wildman–Crippen MR) is 73.6 cm³/mol. The maximum Gasteiger partial charge on any atom is 0.341 e. The van der Waals surface area contributed by atoms with Gasteiger partial charge in [0.25, 0.3) is 0 Å². The van der Waals surface area contributed by atoms with Crippen LogP contribution >= 0.6 is 0 Å². The second kappa shape index (κ2) is 6.99. The summed E-state index contributed by atoms with van der Waals surface area (Å²) in [5, 5.41) is 12.1. The summed E-state index contributed by atoms with van der Waals surface area (Å²) in [4.78, 5) is -0.402. The lowest BCUT2D eigenvalue weighted by Gasteiger charge is -2.22. The fraction of sp³-hybridized carbons (Fsp3) is 0.538. The molecule has 0 heterocycles. The van der Waals surface area contributed by atoms with Gasteiger partial charge in [-0.05, 0) is 36.6 Å². The molecule has 0 bridgehead atoms. The number of sulfone groups is 1. The Morgan fingerprint density at radius 1 is 1.20 bits per heavy atom. The van der Waals surface area contributed by atoms with E-state index in [1.807, 2.05) is 13.8 Å². The standard InChI is InChI=1S/C13H19F2NO3S/c1-9(2)12(7-8-17)16-10-3-5-11(6-4-10)20(18,19)13(14)15/h3-6,9,12-13,16-17H,7-8H2,1-2H3. The Bertz CT molecular complexity index is 515. The van der Waals surface area contributed by atoms with E-state index in [9.17, 15) is 17.2 Å². The van der Waals surface area contributed by atoms with Crippen LogP contribution in [0, 0.1) is 5.92 Å². The molecule has 0 aliphatic rings. The van der Waals surface area contributed by atoms with Gasteiger partial charge in [0.1, 0.15) is 0 Å². The van der Waals surface area contributed by atoms with Crippen LogP contribution in [0.3, 0.4) is 0 Å². The lowest BCUT2D eigenvalue weighted by molar-refractivity contribution is 0.234. The molecule has 1 unspecified atom stereocenters. The van der Waals surface area contributed by atoms with Gasteiger partial charge in [0.05, 0.1) is 4.90 Å². The van der Waals surface area contributed by atoms with Crippen LogP contribution in [-0.4, -0.2) is 31.9 Å². The molecule has 20 heavy (non-hydrogen) atoms. The highest BCUT2D eigenvalue weighted by atomic mass is 32.2. The van der Waals surface area contributed by atoms with Crippen molar-refractivity contribution in [2.45, 2.75) is 37.0 Å². The van der Waals surface area contributed by atoms with Crippen molar-refractivity contribution in [1.82, 2.24) is 0 Å². The summed E-state index contributed by atoms with van der Waals surface area (Å²) in [5.74, 6) is -3.15. The largest absolute Gasteiger partial charge is 0.396 e. The fourth-order valence-corrected chi connectivity index (χ4v) is 2.49. The Morgan fingerprint density at radius 2 is 1.75 bits per heavy atom. The number of hydrogen-bond donors (Lipinski definition) is 2. The van der Waals surface area contributed by atoms with Gasteiger partial charge >= 0.3 is 5.76 Å². The third-order valence-electron chi connectivity index (χ3n) is 3.01. The van der Waals surface area contributed by atoms with Crippen molar-refractivity contribution >= 4 is 15.5 Å². The third-order valence-corrected chi connectivity index (χ3v) is 4.41. The summed E-state index contributed by atoms with van der Waals surface area (Å²) < 4.78 is 47.3. The van der Waals surface area contributed by atoms with Crippen LogP contribution in [0.2, 0.25) is 0 Å². The summed E-state index contributed by atoms with van der Waals surface area (Å²) in [5.41, 5.74) is 0.630. The van der Waals surface area contributed by atoms with E-state index in [2.05, 4.69) is 5.32 Å². The van der Waals surface area contributed by atoms with Crippen molar-refractivity contribution in [3.05, 3.63) is 24.3 Å². The molecule has 1 aromatic rings. The molecule has 1 aromatic carbocycles. The number of benzene rings is 1. The Balaban J connectivity index is 2.86. The Kier molecular flexibility index (Phi) is 5.88. The smallest absolute Gasteiger partial charge is 0.341 e. The van der Waals surface area contributed by atoms with E-state index in [1.54, 1.807) is 0 Å². The molecule has 1 atom stereocenters. The maximum absolute atomic E-state index is 12.4. The molecule has 0 aliphatic heterocycles. The van der Waals surface area contributed by atoms with Gasteiger partial charge in [0, 0.05) is 18.3 Å². The van der Waals surface area contributed by atoms with E-state index in [4.69, 9.17) is 5.11 Å². The number of nitrogens with one attached hydrogen (secondary N) is 1. The first-order valence-electron chi connectivity index (χ1n) is 6.28. The third kappa shape index (κ3) is 4.14. The fourth-order valence-electron chi connectivity index (χ4n) is 1.77. The molecule has 0 aliphatic carbocycles. The minimum Gasteiger partial charge on any atom is -0.396 e. The summed E-state index contributed by atoms with van der Waals surface area (Å²) >= 11 is 0. The monoisotopic (exact) mass is 307 g/mol. The van der Waals surface area contributed by atoms with Gasteiger partial charge in [-0.25, -0.2) is 8.42 Å². The van der Waals surface area contributed by atoms with E-state index in [-0.39, 0.29) is 18.6 Å². The number of halogens is 2. The second-order valence-electron chi connectivity index (χ2n) is 4.84. The summed E-state index contributed by atoms with van der Waals surface area (Å²) in [6.07, 6.45) is 0.550. The van der Waals surface area contributed by atoms with Gasteiger partial charge in [-0.2, -0.15) is 8.78 Å². The lowest BCUT2D eigenvalue weighted by atomic mass is 10.0. The van der Waals surface area contributed by atoms with Gasteiger partial charge in [-0.3, -0.25) is 0 Å². The molecule has 0 saturated heterocycles. The number of aliphatic hydroxyl groups is 1. The van der Waals surface area contributed by atoms with E-state index in [1.165, 1.54) is 12.1 Å². The summed E-state index contributed by atoms with van der Waals surface area (Å²) in [7, 11) is -4.55. The zero-order chi connectivity index (χ0) is 15.3. The van der Waals surface area contributed by atoms with Crippen molar-refractivity contribution < 1.29 is 22.3 Å². The van der Waals surface area contributed by atoms with Gasteiger partial charge in [-0.15, -0.1) is 0 Å². The Hall–Kier alpha value is -1.21. The number of anilines is 1. The molecule has 4 nitrogen and oxygen atoms in total. The van der Waals surface area contributed by atoms with Crippen molar-refractivity contribution in [2.24, 2.45) is 5.92 Å². The molecule has 0 fully saturated rings. The Morgan fingerprint density at radius 3 is 2.15 bits per heavy atom. The first-order valence-corrected chi connectivity index (χ1v) is 7.83. The zero-order valence-corrected chi connectivity index (χ0v) is 12.2. The van der Waals surface area contributed by atoms with Gasteiger partial charge < -0.3 is 10.4 Å². The molecule has 0 radical (unpaired) electrons.